The van der Waals surface area contributed by atoms with Gasteiger partial charge in [0.15, 0.2) is 0 Å². The Hall–Kier alpha value is -1.88. The Morgan fingerprint density at radius 2 is 2.05 bits per heavy atom. The van der Waals surface area contributed by atoms with Crippen molar-refractivity contribution in [2.75, 3.05) is 6.54 Å². The standard InChI is InChI=1S/C16H19NO3S/c1-10(7-8-14(18)19)9-17-16(20)15-11(2)12-5-3-4-6-13(12)21-15/h3-6,10H,7-9H2,1-2H3,(H,17,20)(H,18,19). The molecule has 1 aromatic carbocycles. The third-order valence-electron chi connectivity index (χ3n) is 3.51. The first-order valence-electron chi connectivity index (χ1n) is 6.97. The fourth-order valence-corrected chi connectivity index (χ4v) is 3.34. The van der Waals surface area contributed by atoms with Crippen molar-refractivity contribution < 1.29 is 14.7 Å². The molecule has 0 aliphatic heterocycles. The molecule has 1 amide bonds. The molecule has 5 heteroatoms. The molecule has 0 bridgehead atoms. The summed E-state index contributed by atoms with van der Waals surface area (Å²) in [7, 11) is 0. The van der Waals surface area contributed by atoms with E-state index in [1.54, 1.807) is 0 Å². The molecule has 0 fully saturated rings. The van der Waals surface area contributed by atoms with Crippen LogP contribution in [0.3, 0.4) is 0 Å². The highest BCUT2D eigenvalue weighted by Crippen LogP contribution is 2.30. The molecule has 21 heavy (non-hydrogen) atoms. The van der Waals surface area contributed by atoms with Crippen LogP contribution < -0.4 is 5.32 Å². The summed E-state index contributed by atoms with van der Waals surface area (Å²) in [6.07, 6.45) is 0.708. The number of nitrogens with one attached hydrogen (secondary N) is 1. The average Bonchev–Trinajstić information content (AvgIpc) is 2.80. The Labute approximate surface area is 127 Å². The molecule has 0 spiro atoms. The van der Waals surface area contributed by atoms with Crippen molar-refractivity contribution in [2.24, 2.45) is 5.92 Å². The van der Waals surface area contributed by atoms with Crippen LogP contribution in [0.1, 0.15) is 35.0 Å². The van der Waals surface area contributed by atoms with E-state index in [0.717, 1.165) is 20.5 Å². The molecular formula is C16H19NO3S. The van der Waals surface area contributed by atoms with Gasteiger partial charge in [-0.05, 0) is 36.3 Å². The maximum Gasteiger partial charge on any atom is 0.303 e. The Balaban J connectivity index is 1.99. The number of hydrogen-bond donors (Lipinski definition) is 2. The van der Waals surface area contributed by atoms with Crippen LogP contribution in [0.5, 0.6) is 0 Å². The topological polar surface area (TPSA) is 66.4 Å². The molecule has 0 saturated heterocycles. The molecule has 0 radical (unpaired) electrons. The highest BCUT2D eigenvalue weighted by Gasteiger charge is 2.15. The lowest BCUT2D eigenvalue weighted by Crippen LogP contribution is -2.28. The lowest BCUT2D eigenvalue weighted by Gasteiger charge is -2.11. The zero-order valence-electron chi connectivity index (χ0n) is 12.2. The average molecular weight is 305 g/mol. The second-order valence-corrected chi connectivity index (χ2v) is 6.35. The maximum absolute atomic E-state index is 12.3. The summed E-state index contributed by atoms with van der Waals surface area (Å²) in [4.78, 5) is 23.5. The molecule has 1 atom stereocenters. The van der Waals surface area contributed by atoms with Crippen LogP contribution in [0.2, 0.25) is 0 Å². The van der Waals surface area contributed by atoms with E-state index in [2.05, 4.69) is 5.32 Å². The van der Waals surface area contributed by atoms with Crippen LogP contribution in [0, 0.1) is 12.8 Å². The number of thiophene rings is 1. The van der Waals surface area contributed by atoms with E-state index < -0.39 is 5.97 Å². The lowest BCUT2D eigenvalue weighted by atomic mass is 10.1. The SMILES string of the molecule is Cc1c(C(=O)NCC(C)CCC(=O)O)sc2ccccc12. The molecule has 2 N–H and O–H groups in total. The fourth-order valence-electron chi connectivity index (χ4n) is 2.21. The summed E-state index contributed by atoms with van der Waals surface area (Å²) in [5.74, 6) is -0.718. The Morgan fingerprint density at radius 1 is 1.33 bits per heavy atom. The van der Waals surface area contributed by atoms with E-state index in [9.17, 15) is 9.59 Å². The first-order valence-corrected chi connectivity index (χ1v) is 7.78. The van der Waals surface area contributed by atoms with E-state index in [1.807, 2.05) is 38.1 Å². The van der Waals surface area contributed by atoms with Crippen molar-refractivity contribution in [3.05, 3.63) is 34.7 Å². The summed E-state index contributed by atoms with van der Waals surface area (Å²) >= 11 is 1.50. The third-order valence-corrected chi connectivity index (χ3v) is 4.78. The number of benzene rings is 1. The highest BCUT2D eigenvalue weighted by molar-refractivity contribution is 7.21. The van der Waals surface area contributed by atoms with Crippen molar-refractivity contribution in [1.82, 2.24) is 5.32 Å². The number of fused-ring (bicyclic) bond motifs is 1. The molecule has 0 aliphatic carbocycles. The highest BCUT2D eigenvalue weighted by atomic mass is 32.1. The summed E-state index contributed by atoms with van der Waals surface area (Å²) in [5, 5.41) is 12.7. The number of aryl methyl sites for hydroxylation is 1. The predicted octanol–water partition coefficient (Wildman–Crippen LogP) is 3.44. The van der Waals surface area contributed by atoms with Gasteiger partial charge in [-0.15, -0.1) is 11.3 Å². The molecule has 1 aromatic heterocycles. The van der Waals surface area contributed by atoms with Gasteiger partial charge in [-0.1, -0.05) is 25.1 Å². The largest absolute Gasteiger partial charge is 0.481 e. The lowest BCUT2D eigenvalue weighted by molar-refractivity contribution is -0.137. The monoisotopic (exact) mass is 305 g/mol. The van der Waals surface area contributed by atoms with E-state index in [4.69, 9.17) is 5.11 Å². The first kappa shape index (κ1) is 15.5. The van der Waals surface area contributed by atoms with Crippen molar-refractivity contribution in [2.45, 2.75) is 26.7 Å². The van der Waals surface area contributed by atoms with Crippen molar-refractivity contribution in [3.63, 3.8) is 0 Å². The van der Waals surface area contributed by atoms with Gasteiger partial charge in [0.2, 0.25) is 0 Å². The Bertz CT molecular complexity index is 663. The molecule has 2 aromatic rings. The summed E-state index contributed by atoms with van der Waals surface area (Å²) in [5.41, 5.74) is 1.01. The van der Waals surface area contributed by atoms with Gasteiger partial charge in [0, 0.05) is 17.7 Å². The van der Waals surface area contributed by atoms with Crippen LogP contribution in [0.4, 0.5) is 0 Å². The van der Waals surface area contributed by atoms with E-state index in [0.29, 0.717) is 13.0 Å². The molecule has 2 rings (SSSR count). The molecule has 112 valence electrons. The molecule has 4 nitrogen and oxygen atoms in total. The van der Waals surface area contributed by atoms with Crippen LogP contribution >= 0.6 is 11.3 Å². The second-order valence-electron chi connectivity index (χ2n) is 5.30. The predicted molar refractivity (Wildman–Crippen MR) is 84.9 cm³/mol. The zero-order chi connectivity index (χ0) is 15.4. The summed E-state index contributed by atoms with van der Waals surface area (Å²) < 4.78 is 1.11. The summed E-state index contributed by atoms with van der Waals surface area (Å²) in [6, 6.07) is 7.97. The van der Waals surface area contributed by atoms with Gasteiger partial charge in [-0.25, -0.2) is 0 Å². The number of aliphatic carboxylic acids is 1. The molecule has 0 aliphatic rings. The number of rotatable bonds is 6. The van der Waals surface area contributed by atoms with Gasteiger partial charge in [0.25, 0.3) is 5.91 Å². The number of carboxylic acids is 1. The first-order chi connectivity index (χ1) is 9.99. The van der Waals surface area contributed by atoms with Gasteiger partial charge in [0.05, 0.1) is 4.88 Å². The van der Waals surface area contributed by atoms with Crippen molar-refractivity contribution in [1.29, 1.82) is 0 Å². The Kier molecular flexibility index (Phi) is 4.96. The van der Waals surface area contributed by atoms with Gasteiger partial charge >= 0.3 is 5.97 Å². The molecule has 0 saturated carbocycles. The van der Waals surface area contributed by atoms with Gasteiger partial charge in [-0.3, -0.25) is 9.59 Å². The normalized spacial score (nSPS) is 12.3. The van der Waals surface area contributed by atoms with Gasteiger partial charge in [-0.2, -0.15) is 0 Å². The van der Waals surface area contributed by atoms with Gasteiger partial charge < -0.3 is 10.4 Å². The van der Waals surface area contributed by atoms with E-state index in [-0.39, 0.29) is 18.2 Å². The molecule has 1 unspecified atom stereocenters. The zero-order valence-corrected chi connectivity index (χ0v) is 13.0. The number of hydrogen-bond acceptors (Lipinski definition) is 3. The van der Waals surface area contributed by atoms with E-state index in [1.165, 1.54) is 11.3 Å². The molecule has 1 heterocycles. The number of carbonyl (C=O) groups is 2. The van der Waals surface area contributed by atoms with Gasteiger partial charge in [0.1, 0.15) is 0 Å². The fraction of sp³-hybridized carbons (Fsp3) is 0.375. The van der Waals surface area contributed by atoms with Crippen LogP contribution in [0.25, 0.3) is 10.1 Å². The number of amides is 1. The van der Waals surface area contributed by atoms with Crippen LogP contribution in [-0.2, 0) is 4.79 Å². The number of carboxylic acid groups (broad SMARTS) is 1. The number of carbonyl (C=O) groups excluding carboxylic acids is 1. The van der Waals surface area contributed by atoms with Crippen LogP contribution in [0.15, 0.2) is 24.3 Å². The third kappa shape index (κ3) is 3.82. The smallest absolute Gasteiger partial charge is 0.303 e. The minimum Gasteiger partial charge on any atom is -0.481 e. The maximum atomic E-state index is 12.3. The Morgan fingerprint density at radius 3 is 2.71 bits per heavy atom. The summed E-state index contributed by atoms with van der Waals surface area (Å²) in [6.45, 7) is 4.41. The quantitative estimate of drug-likeness (QED) is 0.859. The van der Waals surface area contributed by atoms with E-state index >= 15 is 0 Å². The minimum absolute atomic E-state index is 0.0733. The molecular weight excluding hydrogens is 286 g/mol. The van der Waals surface area contributed by atoms with Crippen molar-refractivity contribution >= 4 is 33.3 Å². The minimum atomic E-state index is -0.798. The van der Waals surface area contributed by atoms with Crippen LogP contribution in [-0.4, -0.2) is 23.5 Å². The second kappa shape index (κ2) is 6.72. The van der Waals surface area contributed by atoms with Crippen molar-refractivity contribution in [3.8, 4) is 0 Å².